The number of nitrogens with one attached hydrogen (secondary N) is 1. The van der Waals surface area contributed by atoms with E-state index in [1.54, 1.807) is 0 Å². The van der Waals surface area contributed by atoms with Crippen LogP contribution in [0.25, 0.3) is 0 Å². The van der Waals surface area contributed by atoms with Gasteiger partial charge in [0.1, 0.15) is 0 Å². The van der Waals surface area contributed by atoms with Crippen LogP contribution in [0.4, 0.5) is 13.2 Å². The summed E-state index contributed by atoms with van der Waals surface area (Å²) in [6.07, 6.45) is -1.44. The third-order valence-corrected chi connectivity index (χ3v) is 8.73. The molecule has 154 valence electrons. The fraction of sp³-hybridized carbons (Fsp3) is 0.286. The molecule has 3 aromatic rings. The van der Waals surface area contributed by atoms with Crippen molar-refractivity contribution in [3.8, 4) is 0 Å². The van der Waals surface area contributed by atoms with Crippen molar-refractivity contribution in [1.29, 1.82) is 0 Å². The number of halogens is 3. The molecule has 0 radical (unpaired) electrons. The summed E-state index contributed by atoms with van der Waals surface area (Å²) in [6, 6.07) is 10.8. The maximum Gasteiger partial charge on any atom is 0.416 e. The average molecular weight is 431 g/mol. The van der Waals surface area contributed by atoms with Crippen molar-refractivity contribution < 1.29 is 21.6 Å². The van der Waals surface area contributed by atoms with E-state index in [0.29, 0.717) is 6.42 Å². The van der Waals surface area contributed by atoms with Gasteiger partial charge in [0.25, 0.3) is 0 Å². The minimum absolute atomic E-state index is 0.125. The number of hydrogen-bond acceptors (Lipinski definition) is 3. The molecule has 2 aromatic carbocycles. The first-order valence-electron chi connectivity index (χ1n) is 9.56. The molecule has 2 unspecified atom stereocenters. The number of aromatic nitrogens is 2. The summed E-state index contributed by atoms with van der Waals surface area (Å²) in [5.41, 5.74) is 2.73. The summed E-state index contributed by atoms with van der Waals surface area (Å²) in [6.45, 7) is 0. The molecule has 1 fully saturated rings. The highest BCUT2D eigenvalue weighted by Gasteiger charge is 2.72. The van der Waals surface area contributed by atoms with Crippen molar-refractivity contribution in [1.82, 2.24) is 14.5 Å². The third-order valence-electron chi connectivity index (χ3n) is 6.84. The fourth-order valence-corrected chi connectivity index (χ4v) is 7.54. The second kappa shape index (κ2) is 5.53. The van der Waals surface area contributed by atoms with Crippen LogP contribution in [0.3, 0.4) is 0 Å². The van der Waals surface area contributed by atoms with Gasteiger partial charge in [-0.25, -0.2) is 8.42 Å². The van der Waals surface area contributed by atoms with E-state index < -0.39 is 21.8 Å². The third kappa shape index (κ3) is 2.06. The van der Waals surface area contributed by atoms with Crippen LogP contribution < -0.4 is 0 Å². The molecule has 5 nitrogen and oxygen atoms in total. The van der Waals surface area contributed by atoms with Gasteiger partial charge in [-0.3, -0.25) is 5.10 Å². The van der Waals surface area contributed by atoms with Crippen molar-refractivity contribution in [3.05, 3.63) is 82.7 Å². The quantitative estimate of drug-likeness (QED) is 0.675. The van der Waals surface area contributed by atoms with Crippen LogP contribution in [0.5, 0.6) is 0 Å². The number of H-pyrrole nitrogens is 1. The van der Waals surface area contributed by atoms with E-state index in [4.69, 9.17) is 0 Å². The van der Waals surface area contributed by atoms with Crippen molar-refractivity contribution in [2.45, 2.75) is 41.4 Å². The van der Waals surface area contributed by atoms with Crippen LogP contribution in [0.15, 0.2) is 59.6 Å². The van der Waals surface area contributed by atoms with E-state index in [1.165, 1.54) is 4.31 Å². The monoisotopic (exact) mass is 431 g/mol. The van der Waals surface area contributed by atoms with Crippen LogP contribution in [0.1, 0.15) is 34.0 Å². The minimum atomic E-state index is -4.51. The fourth-order valence-electron chi connectivity index (χ4n) is 5.64. The molecule has 1 spiro atoms. The lowest BCUT2D eigenvalue weighted by Gasteiger charge is -2.57. The highest BCUT2D eigenvalue weighted by molar-refractivity contribution is 7.89. The number of sulfonamides is 1. The molecule has 0 bridgehead atoms. The van der Waals surface area contributed by atoms with Gasteiger partial charge in [0.05, 0.1) is 22.2 Å². The number of alkyl halides is 3. The molecule has 0 amide bonds. The second-order valence-electron chi connectivity index (χ2n) is 8.14. The van der Waals surface area contributed by atoms with Crippen LogP contribution in [0.2, 0.25) is 0 Å². The summed E-state index contributed by atoms with van der Waals surface area (Å²) in [7, 11) is -3.99. The Labute approximate surface area is 170 Å². The van der Waals surface area contributed by atoms with Crippen LogP contribution in [-0.4, -0.2) is 29.0 Å². The summed E-state index contributed by atoms with van der Waals surface area (Å²) in [4.78, 5) is -0.125. The van der Waals surface area contributed by atoms with Gasteiger partial charge >= 0.3 is 6.18 Å². The van der Waals surface area contributed by atoms with Gasteiger partial charge < -0.3 is 0 Å². The van der Waals surface area contributed by atoms with E-state index in [-0.39, 0.29) is 22.4 Å². The van der Waals surface area contributed by atoms with Crippen LogP contribution >= 0.6 is 0 Å². The number of rotatable bonds is 2. The van der Waals surface area contributed by atoms with Gasteiger partial charge in [-0.1, -0.05) is 24.3 Å². The maximum atomic E-state index is 13.6. The summed E-state index contributed by atoms with van der Waals surface area (Å²) in [5.74, 6) is 0. The van der Waals surface area contributed by atoms with Crippen LogP contribution in [-0.2, 0) is 34.5 Å². The Hall–Kier alpha value is -2.65. The SMILES string of the molecule is O=S(=O)(c1ccc(C(F)(F)F)cc1)N1C2Cc3n[nH]cc3[C@]23Cc2ccccc2C13. The Balaban J connectivity index is 1.47. The largest absolute Gasteiger partial charge is 0.416 e. The first-order chi connectivity index (χ1) is 14.2. The lowest BCUT2D eigenvalue weighted by Crippen LogP contribution is -2.67. The van der Waals surface area contributed by atoms with Crippen molar-refractivity contribution in [2.24, 2.45) is 0 Å². The van der Waals surface area contributed by atoms with Gasteiger partial charge in [0, 0.05) is 29.6 Å². The summed E-state index contributed by atoms with van der Waals surface area (Å²) in [5, 5.41) is 7.21. The number of fused-ring (bicyclic) bond motifs is 3. The van der Waals surface area contributed by atoms with Gasteiger partial charge in [-0.05, 0) is 41.8 Å². The number of hydrogen-bond donors (Lipinski definition) is 1. The van der Waals surface area contributed by atoms with Gasteiger partial charge in [0.15, 0.2) is 0 Å². The molecular weight excluding hydrogens is 415 g/mol. The zero-order valence-electron chi connectivity index (χ0n) is 15.5. The first kappa shape index (κ1) is 18.1. The molecule has 30 heavy (non-hydrogen) atoms. The molecule has 0 saturated carbocycles. The van der Waals surface area contributed by atoms with Gasteiger partial charge in [-0.2, -0.15) is 22.6 Å². The molecular formula is C21H16F3N3O2S. The lowest BCUT2D eigenvalue weighted by molar-refractivity contribution is -0.137. The Morgan fingerprint density at radius 1 is 1.10 bits per heavy atom. The molecule has 1 N–H and O–H groups in total. The van der Waals surface area contributed by atoms with E-state index in [0.717, 1.165) is 53.1 Å². The predicted octanol–water partition coefficient (Wildman–Crippen LogP) is 3.59. The van der Waals surface area contributed by atoms with Crippen molar-refractivity contribution >= 4 is 10.0 Å². The van der Waals surface area contributed by atoms with E-state index in [1.807, 2.05) is 30.5 Å². The first-order valence-corrected chi connectivity index (χ1v) is 11.0. The Bertz CT molecular complexity index is 1280. The Kier molecular flexibility index (Phi) is 3.34. The Morgan fingerprint density at radius 3 is 2.57 bits per heavy atom. The van der Waals surface area contributed by atoms with E-state index >= 15 is 0 Å². The molecule has 6 rings (SSSR count). The summed E-state index contributed by atoms with van der Waals surface area (Å²) >= 11 is 0. The zero-order chi connectivity index (χ0) is 20.9. The molecule has 1 aromatic heterocycles. The zero-order valence-corrected chi connectivity index (χ0v) is 16.3. The molecule has 3 aliphatic rings. The average Bonchev–Trinajstić information content (AvgIpc) is 3.33. The highest BCUT2D eigenvalue weighted by atomic mass is 32.2. The lowest BCUT2D eigenvalue weighted by atomic mass is 9.67. The molecule has 1 saturated heterocycles. The molecule has 9 heteroatoms. The molecule has 2 heterocycles. The highest BCUT2D eigenvalue weighted by Crippen LogP contribution is 2.67. The molecule has 3 atom stereocenters. The number of nitrogens with zero attached hydrogens (tertiary/aromatic N) is 2. The predicted molar refractivity (Wildman–Crippen MR) is 101 cm³/mol. The van der Waals surface area contributed by atoms with Gasteiger partial charge in [0.2, 0.25) is 10.0 Å². The van der Waals surface area contributed by atoms with Gasteiger partial charge in [-0.15, -0.1) is 0 Å². The minimum Gasteiger partial charge on any atom is -0.285 e. The van der Waals surface area contributed by atoms with E-state index in [2.05, 4.69) is 10.2 Å². The second-order valence-corrected chi connectivity index (χ2v) is 9.98. The number of benzene rings is 2. The molecule has 2 aliphatic carbocycles. The number of aromatic amines is 1. The topological polar surface area (TPSA) is 66.1 Å². The molecule has 1 aliphatic heterocycles. The standard InChI is InChI=1S/C21H16F3N3O2S/c22-21(23,24)13-5-7-14(8-6-13)30(28,29)27-18-9-17-16(11-25-26-17)20(18)10-12-3-1-2-4-15(12)19(20)27/h1-8,11,18-19H,9-10H2,(H,25,26)/t18?,19?,20-/m1/s1. The van der Waals surface area contributed by atoms with Crippen molar-refractivity contribution in [3.63, 3.8) is 0 Å². The maximum absolute atomic E-state index is 13.6. The smallest absolute Gasteiger partial charge is 0.285 e. The Morgan fingerprint density at radius 2 is 1.83 bits per heavy atom. The summed E-state index contributed by atoms with van der Waals surface area (Å²) < 4.78 is 67.3. The van der Waals surface area contributed by atoms with Crippen molar-refractivity contribution in [2.75, 3.05) is 0 Å². The van der Waals surface area contributed by atoms with E-state index in [9.17, 15) is 21.6 Å². The normalized spacial score (nSPS) is 27.2. The van der Waals surface area contributed by atoms with Crippen LogP contribution in [0, 0.1) is 0 Å².